The quantitative estimate of drug-likeness (QED) is 0.674. The van der Waals surface area contributed by atoms with Gasteiger partial charge in [-0.25, -0.2) is 4.79 Å². The molecule has 0 fully saturated rings. The van der Waals surface area contributed by atoms with E-state index in [1.807, 2.05) is 16.7 Å². The van der Waals surface area contributed by atoms with Gasteiger partial charge in [-0.2, -0.15) is 0 Å². The number of hydrogen-bond acceptors (Lipinski definition) is 5. The van der Waals surface area contributed by atoms with Crippen LogP contribution < -0.4 is 14.9 Å². The lowest BCUT2D eigenvalue weighted by Crippen LogP contribution is -2.26. The zero-order chi connectivity index (χ0) is 20.3. The van der Waals surface area contributed by atoms with Gasteiger partial charge in [0.25, 0.3) is 0 Å². The summed E-state index contributed by atoms with van der Waals surface area (Å²) < 4.78 is 18.4. The first kappa shape index (κ1) is 20.0. The molecule has 0 N–H and O–H groups in total. The van der Waals surface area contributed by atoms with Gasteiger partial charge in [0, 0.05) is 23.9 Å². The Bertz CT molecular complexity index is 931. The summed E-state index contributed by atoms with van der Waals surface area (Å²) in [5.74, 6) is 0.775. The van der Waals surface area contributed by atoms with Gasteiger partial charge < -0.3 is 18.8 Å². The smallest absolute Gasteiger partial charge is 0.343 e. The van der Waals surface area contributed by atoms with Gasteiger partial charge in [-0.1, -0.05) is 13.8 Å². The Labute approximate surface area is 165 Å². The van der Waals surface area contributed by atoms with Gasteiger partial charge in [-0.05, 0) is 43.9 Å². The van der Waals surface area contributed by atoms with Gasteiger partial charge in [0.1, 0.15) is 5.56 Å². The highest BCUT2D eigenvalue weighted by atomic mass is 16.5. The molecule has 0 bridgehead atoms. The molecule has 0 spiro atoms. The molecule has 1 aliphatic rings. The average Bonchev–Trinajstić information content (AvgIpc) is 2.70. The van der Waals surface area contributed by atoms with Gasteiger partial charge >= 0.3 is 5.97 Å². The Morgan fingerprint density at radius 1 is 1.18 bits per heavy atom. The Kier molecular flexibility index (Phi) is 6.07. The zero-order valence-electron chi connectivity index (χ0n) is 16.9. The van der Waals surface area contributed by atoms with Crippen molar-refractivity contribution in [3.8, 4) is 22.8 Å². The van der Waals surface area contributed by atoms with Crippen LogP contribution in [0.25, 0.3) is 11.3 Å². The van der Waals surface area contributed by atoms with E-state index in [-0.39, 0.29) is 23.6 Å². The van der Waals surface area contributed by atoms with Crippen molar-refractivity contribution in [1.82, 2.24) is 4.57 Å². The first-order chi connectivity index (χ1) is 13.5. The number of esters is 1. The van der Waals surface area contributed by atoms with E-state index < -0.39 is 5.97 Å². The predicted molar refractivity (Wildman–Crippen MR) is 107 cm³/mol. The summed E-state index contributed by atoms with van der Waals surface area (Å²) in [6, 6.07) is 5.60. The maximum Gasteiger partial charge on any atom is 0.343 e. The second-order valence-corrected chi connectivity index (χ2v) is 6.84. The van der Waals surface area contributed by atoms with E-state index in [0.29, 0.717) is 12.4 Å². The molecule has 1 aliphatic heterocycles. The van der Waals surface area contributed by atoms with E-state index in [9.17, 15) is 9.59 Å². The fraction of sp³-hybridized carbons (Fsp3) is 0.455. The maximum absolute atomic E-state index is 12.6. The first-order valence-corrected chi connectivity index (χ1v) is 9.81. The number of benzene rings is 1. The standard InChI is InChI=1S/C22H27NO5/c1-5-8-28-21-10-14-9-15(6-2)23-13-17(22(25)27-7-3)19(24)12-18(23)16(14)11-20(21)26-4/h10-13,15H,5-9H2,1-4H3. The molecule has 0 saturated heterocycles. The topological polar surface area (TPSA) is 66.8 Å². The number of rotatable bonds is 7. The number of aromatic nitrogens is 1. The van der Waals surface area contributed by atoms with Crippen molar-refractivity contribution < 1.29 is 19.0 Å². The fourth-order valence-corrected chi connectivity index (χ4v) is 3.62. The van der Waals surface area contributed by atoms with Gasteiger partial charge in [-0.3, -0.25) is 4.79 Å². The number of carbonyl (C=O) groups excluding carboxylic acids is 1. The van der Waals surface area contributed by atoms with Crippen LogP contribution >= 0.6 is 0 Å². The number of fused-ring (bicyclic) bond motifs is 3. The van der Waals surface area contributed by atoms with E-state index in [1.54, 1.807) is 20.2 Å². The van der Waals surface area contributed by atoms with E-state index >= 15 is 0 Å². The van der Waals surface area contributed by atoms with Crippen molar-refractivity contribution in [1.29, 1.82) is 0 Å². The predicted octanol–water partition coefficient (Wildman–Crippen LogP) is 4.00. The van der Waals surface area contributed by atoms with E-state index in [0.717, 1.165) is 41.8 Å². The molecule has 2 aromatic rings. The summed E-state index contributed by atoms with van der Waals surface area (Å²) in [5, 5.41) is 0. The van der Waals surface area contributed by atoms with Gasteiger partial charge in [-0.15, -0.1) is 0 Å². The summed E-state index contributed by atoms with van der Waals surface area (Å²) in [7, 11) is 1.61. The monoisotopic (exact) mass is 385 g/mol. The lowest BCUT2D eigenvalue weighted by atomic mass is 9.90. The number of pyridine rings is 1. The van der Waals surface area contributed by atoms with Crippen LogP contribution in [0.15, 0.2) is 29.2 Å². The third-order valence-electron chi connectivity index (χ3n) is 5.02. The second-order valence-electron chi connectivity index (χ2n) is 6.84. The van der Waals surface area contributed by atoms with Crippen molar-refractivity contribution >= 4 is 5.97 Å². The third-order valence-corrected chi connectivity index (χ3v) is 5.02. The molecule has 150 valence electrons. The SMILES string of the molecule is CCCOc1cc2c(cc1OC)-c1cc(=O)c(C(=O)OCC)cn1C(CC)C2. The van der Waals surface area contributed by atoms with Crippen molar-refractivity contribution in [2.75, 3.05) is 20.3 Å². The molecular formula is C22H27NO5. The van der Waals surface area contributed by atoms with E-state index in [2.05, 4.69) is 13.8 Å². The molecule has 0 saturated carbocycles. The summed E-state index contributed by atoms with van der Waals surface area (Å²) in [5.41, 5.74) is 2.56. The van der Waals surface area contributed by atoms with Crippen LogP contribution in [0.1, 0.15) is 55.6 Å². The highest BCUT2D eigenvalue weighted by Gasteiger charge is 2.27. The molecule has 0 amide bonds. The van der Waals surface area contributed by atoms with E-state index in [4.69, 9.17) is 14.2 Å². The number of ether oxygens (including phenoxy) is 3. The first-order valence-electron chi connectivity index (χ1n) is 9.81. The largest absolute Gasteiger partial charge is 0.493 e. The van der Waals surface area contributed by atoms with Crippen LogP contribution in [-0.4, -0.2) is 30.9 Å². The molecule has 0 aliphatic carbocycles. The Balaban J connectivity index is 2.15. The normalized spacial score (nSPS) is 14.8. The van der Waals surface area contributed by atoms with Crippen LogP contribution in [0, 0.1) is 0 Å². The van der Waals surface area contributed by atoms with Crippen LogP contribution in [-0.2, 0) is 11.2 Å². The van der Waals surface area contributed by atoms with Crippen molar-refractivity contribution in [3.63, 3.8) is 0 Å². The van der Waals surface area contributed by atoms with Crippen molar-refractivity contribution in [2.24, 2.45) is 0 Å². The molecular weight excluding hydrogens is 358 g/mol. The molecule has 28 heavy (non-hydrogen) atoms. The van der Waals surface area contributed by atoms with Gasteiger partial charge in [0.15, 0.2) is 16.9 Å². The second kappa shape index (κ2) is 8.50. The van der Waals surface area contributed by atoms with Crippen LogP contribution in [0.4, 0.5) is 0 Å². The molecule has 0 radical (unpaired) electrons. The molecule has 1 aromatic heterocycles. The number of methoxy groups -OCH3 is 1. The Morgan fingerprint density at radius 3 is 2.61 bits per heavy atom. The summed E-state index contributed by atoms with van der Waals surface area (Å²) in [4.78, 5) is 24.8. The maximum atomic E-state index is 12.6. The highest BCUT2D eigenvalue weighted by molar-refractivity contribution is 5.89. The Hall–Kier alpha value is -2.76. The minimum Gasteiger partial charge on any atom is -0.493 e. The summed E-state index contributed by atoms with van der Waals surface area (Å²) in [6.07, 6.45) is 4.21. The highest BCUT2D eigenvalue weighted by Crippen LogP contribution is 2.41. The minimum atomic E-state index is -0.579. The van der Waals surface area contributed by atoms with Crippen molar-refractivity contribution in [2.45, 2.75) is 46.1 Å². The summed E-state index contributed by atoms with van der Waals surface area (Å²) in [6.45, 7) is 6.73. The molecule has 1 aromatic carbocycles. The number of carbonyl (C=O) groups is 1. The molecule has 2 heterocycles. The lowest BCUT2D eigenvalue weighted by molar-refractivity contribution is 0.0523. The van der Waals surface area contributed by atoms with Gasteiger partial charge in [0.2, 0.25) is 0 Å². The lowest BCUT2D eigenvalue weighted by Gasteiger charge is -2.31. The summed E-state index contributed by atoms with van der Waals surface area (Å²) >= 11 is 0. The van der Waals surface area contributed by atoms with E-state index in [1.165, 1.54) is 6.07 Å². The zero-order valence-corrected chi connectivity index (χ0v) is 16.9. The average molecular weight is 385 g/mol. The minimum absolute atomic E-state index is 0.0716. The fourth-order valence-electron chi connectivity index (χ4n) is 3.62. The Morgan fingerprint density at radius 2 is 1.96 bits per heavy atom. The number of hydrogen-bond donors (Lipinski definition) is 0. The molecule has 1 unspecified atom stereocenters. The number of nitrogens with zero attached hydrogens (tertiary/aromatic N) is 1. The van der Waals surface area contributed by atoms with Crippen LogP contribution in [0.2, 0.25) is 0 Å². The van der Waals surface area contributed by atoms with Crippen molar-refractivity contribution in [3.05, 3.63) is 45.7 Å². The molecule has 6 heteroatoms. The van der Waals surface area contributed by atoms with Crippen LogP contribution in [0.3, 0.4) is 0 Å². The van der Waals surface area contributed by atoms with Crippen LogP contribution in [0.5, 0.6) is 11.5 Å². The molecule has 3 rings (SSSR count). The third kappa shape index (κ3) is 3.63. The van der Waals surface area contributed by atoms with Gasteiger partial charge in [0.05, 0.1) is 26.0 Å². The molecule has 6 nitrogen and oxygen atoms in total. The molecule has 1 atom stereocenters.